The van der Waals surface area contributed by atoms with Gasteiger partial charge in [-0.1, -0.05) is 37.5 Å². The van der Waals surface area contributed by atoms with Crippen molar-refractivity contribution in [1.82, 2.24) is 34.2 Å². The molecule has 1 aromatic carbocycles. The minimum absolute atomic E-state index is 0.0534. The zero-order chi connectivity index (χ0) is 46.2. The molecule has 3 saturated heterocycles. The fraction of sp³-hybridized carbons (Fsp3) is 0.500. The van der Waals surface area contributed by atoms with Crippen LogP contribution < -0.4 is 10.2 Å². The van der Waals surface area contributed by atoms with Gasteiger partial charge in [0.05, 0.1) is 17.1 Å². The van der Waals surface area contributed by atoms with Crippen molar-refractivity contribution in [2.45, 2.75) is 109 Å². The van der Waals surface area contributed by atoms with Crippen molar-refractivity contribution in [3.63, 3.8) is 0 Å². The van der Waals surface area contributed by atoms with Crippen LogP contribution in [0.5, 0.6) is 0 Å². The molecular weight excluding hydrogens is 843 g/mol. The smallest absolute Gasteiger partial charge is 0.419 e. The standard InChI is InChI=1S/C48H59N9O7Si/c1-48(2,3)64-47(62)57-39-25-41(49-26-33(39)24-40(57)37-12-9-19-53(37)4)52-43(59)34-27-50-46(51-28-34)54-20-17-31(18-21-54)13-14-32-10-8-11-35-36(32)29-55(44(35)60)38-15-16-42(58)56(45(38)61)30-63-22-23-65(5,6)7/h8,10-11,24-28,31,37-38H,9,12,15-23,29-30H2,1-7H3,(H,49,52,59)/t37-,38?/m1/s1. The van der Waals surface area contributed by atoms with E-state index in [1.807, 2.05) is 39.0 Å². The van der Waals surface area contributed by atoms with E-state index in [0.29, 0.717) is 36.7 Å². The zero-order valence-corrected chi connectivity index (χ0v) is 39.5. The highest BCUT2D eigenvalue weighted by molar-refractivity contribution is 6.76. The van der Waals surface area contributed by atoms with E-state index in [-0.39, 0.29) is 61.3 Å². The second-order valence-corrected chi connectivity index (χ2v) is 25.4. The molecule has 4 aliphatic heterocycles. The Hall–Kier alpha value is -5.96. The summed E-state index contributed by atoms with van der Waals surface area (Å²) < 4.78 is 13.2. The van der Waals surface area contributed by atoms with Crippen molar-refractivity contribution in [2.24, 2.45) is 5.92 Å². The van der Waals surface area contributed by atoms with Gasteiger partial charge in [0.15, 0.2) is 0 Å². The van der Waals surface area contributed by atoms with Crippen molar-refractivity contribution in [1.29, 1.82) is 0 Å². The predicted molar refractivity (Wildman–Crippen MR) is 248 cm³/mol. The van der Waals surface area contributed by atoms with Gasteiger partial charge in [-0.3, -0.25) is 29.0 Å². The first-order valence-corrected chi connectivity index (χ1v) is 26.3. The number of amides is 4. The zero-order valence-electron chi connectivity index (χ0n) is 38.5. The number of fused-ring (bicyclic) bond motifs is 2. The number of piperidine rings is 2. The third-order valence-corrected chi connectivity index (χ3v) is 14.3. The van der Waals surface area contributed by atoms with Crippen LogP contribution in [0.4, 0.5) is 16.6 Å². The average Bonchev–Trinajstić information content (AvgIpc) is 3.96. The number of hydrogen-bond donors (Lipinski definition) is 1. The van der Waals surface area contributed by atoms with Gasteiger partial charge in [-0.25, -0.2) is 24.3 Å². The maximum atomic E-state index is 13.7. The number of hydrogen-bond acceptors (Lipinski definition) is 12. The second kappa shape index (κ2) is 18.5. The molecule has 0 aliphatic carbocycles. The molecule has 1 N–H and O–H groups in total. The Bertz CT molecular complexity index is 2560. The summed E-state index contributed by atoms with van der Waals surface area (Å²) in [5.41, 5.74) is 3.10. The molecule has 0 saturated carbocycles. The molecule has 342 valence electrons. The Morgan fingerprint density at radius 2 is 1.69 bits per heavy atom. The normalized spacial score (nSPS) is 19.7. The number of anilines is 2. The van der Waals surface area contributed by atoms with Gasteiger partial charge in [0.1, 0.15) is 24.2 Å². The van der Waals surface area contributed by atoms with Crippen molar-refractivity contribution >= 4 is 60.5 Å². The van der Waals surface area contributed by atoms with Crippen LogP contribution in [-0.4, -0.2) is 124 Å². The van der Waals surface area contributed by atoms with Gasteiger partial charge in [0.25, 0.3) is 17.7 Å². The molecule has 3 aromatic heterocycles. The molecule has 0 bridgehead atoms. The summed E-state index contributed by atoms with van der Waals surface area (Å²) in [4.78, 5) is 87.6. The molecule has 1 unspecified atom stereocenters. The van der Waals surface area contributed by atoms with Gasteiger partial charge in [-0.05, 0) is 96.3 Å². The van der Waals surface area contributed by atoms with E-state index in [9.17, 15) is 24.0 Å². The lowest BCUT2D eigenvalue weighted by atomic mass is 9.96. The van der Waals surface area contributed by atoms with Crippen molar-refractivity contribution in [3.8, 4) is 11.8 Å². The number of aromatic nitrogens is 4. The number of likely N-dealkylation sites (tertiary alicyclic amines) is 2. The molecule has 0 radical (unpaired) electrons. The Kier molecular flexibility index (Phi) is 13.0. The minimum atomic E-state index is -1.34. The van der Waals surface area contributed by atoms with E-state index >= 15 is 0 Å². The fourth-order valence-electron chi connectivity index (χ4n) is 8.93. The lowest BCUT2D eigenvalue weighted by molar-refractivity contribution is -0.158. The molecule has 17 heteroatoms. The topological polar surface area (TPSA) is 172 Å². The maximum Gasteiger partial charge on any atom is 0.419 e. The third-order valence-electron chi connectivity index (χ3n) is 12.6. The van der Waals surface area contributed by atoms with Crippen LogP contribution >= 0.6 is 0 Å². The highest BCUT2D eigenvalue weighted by Crippen LogP contribution is 2.36. The molecule has 16 nitrogen and oxygen atoms in total. The van der Waals surface area contributed by atoms with Gasteiger partial charge < -0.3 is 24.6 Å². The summed E-state index contributed by atoms with van der Waals surface area (Å²) >= 11 is 0. The number of rotatable bonds is 10. The number of carbonyl (C=O) groups is 5. The number of benzene rings is 1. The average molecular weight is 902 g/mol. The summed E-state index contributed by atoms with van der Waals surface area (Å²) in [6.07, 6.45) is 8.13. The Balaban J connectivity index is 0.872. The summed E-state index contributed by atoms with van der Waals surface area (Å²) in [5, 5.41) is 3.62. The first kappa shape index (κ1) is 45.6. The predicted octanol–water partition coefficient (Wildman–Crippen LogP) is 6.68. The summed E-state index contributed by atoms with van der Waals surface area (Å²) in [6, 6.07) is 9.43. The van der Waals surface area contributed by atoms with E-state index in [1.165, 1.54) is 12.4 Å². The summed E-state index contributed by atoms with van der Waals surface area (Å²) in [7, 11) is 0.716. The van der Waals surface area contributed by atoms with Gasteiger partial charge >= 0.3 is 6.09 Å². The largest absolute Gasteiger partial charge is 0.443 e. The molecular formula is C48H59N9O7Si. The number of imide groups is 1. The highest BCUT2D eigenvalue weighted by atomic mass is 28.3. The van der Waals surface area contributed by atoms with Crippen LogP contribution in [0.1, 0.15) is 103 Å². The van der Waals surface area contributed by atoms with Crippen LogP contribution in [0.3, 0.4) is 0 Å². The number of nitrogens with zero attached hydrogens (tertiary/aromatic N) is 8. The van der Waals surface area contributed by atoms with Crippen LogP contribution in [0.15, 0.2) is 48.9 Å². The first-order chi connectivity index (χ1) is 30.9. The molecule has 4 aliphatic rings. The molecule has 0 spiro atoms. The number of ether oxygens (including phenoxy) is 2. The lowest BCUT2D eigenvalue weighted by Crippen LogP contribution is -2.55. The summed E-state index contributed by atoms with van der Waals surface area (Å²) in [6.45, 7) is 15.2. The fourth-order valence-corrected chi connectivity index (χ4v) is 9.69. The summed E-state index contributed by atoms with van der Waals surface area (Å²) in [5.74, 6) is 6.38. The van der Waals surface area contributed by atoms with E-state index in [2.05, 4.69) is 68.6 Å². The van der Waals surface area contributed by atoms with Crippen LogP contribution in [0.25, 0.3) is 10.9 Å². The molecule has 7 heterocycles. The number of carbonyl (C=O) groups excluding carboxylic acids is 5. The minimum Gasteiger partial charge on any atom is -0.443 e. The molecule has 8 rings (SSSR count). The highest BCUT2D eigenvalue weighted by Gasteiger charge is 2.43. The van der Waals surface area contributed by atoms with E-state index < -0.39 is 37.6 Å². The SMILES string of the molecule is CN1CCC[C@@H]1c1cc2cnc(NC(=O)c3cnc(N4CCC(C#Cc5cccc6c5CN(C5CCC(=O)N(COCC[Si](C)(C)C)C5=O)C6=O)CC4)nc3)cc2n1C(=O)OC(C)(C)C. The van der Waals surface area contributed by atoms with E-state index in [0.717, 1.165) is 65.4 Å². The monoisotopic (exact) mass is 901 g/mol. The Labute approximate surface area is 381 Å². The number of pyridine rings is 1. The molecule has 65 heavy (non-hydrogen) atoms. The molecule has 4 aromatic rings. The van der Waals surface area contributed by atoms with Crippen LogP contribution in [0.2, 0.25) is 25.7 Å². The second-order valence-electron chi connectivity index (χ2n) is 19.7. The Morgan fingerprint density at radius 1 is 0.938 bits per heavy atom. The van der Waals surface area contributed by atoms with Crippen LogP contribution in [0, 0.1) is 17.8 Å². The van der Waals surface area contributed by atoms with Gasteiger partial charge in [0.2, 0.25) is 11.9 Å². The quantitative estimate of drug-likeness (QED) is 0.0776. The molecule has 4 amide bonds. The van der Waals surface area contributed by atoms with Crippen LogP contribution in [-0.2, 0) is 25.6 Å². The maximum absolute atomic E-state index is 13.7. The van der Waals surface area contributed by atoms with Gasteiger partial charge in [0, 0.05) is 93.5 Å². The van der Waals surface area contributed by atoms with Crippen molar-refractivity contribution in [2.75, 3.05) is 50.2 Å². The van der Waals surface area contributed by atoms with Gasteiger partial charge in [-0.15, -0.1) is 0 Å². The van der Waals surface area contributed by atoms with Crippen molar-refractivity contribution < 1.29 is 33.4 Å². The molecule has 2 atom stereocenters. The van der Waals surface area contributed by atoms with Crippen molar-refractivity contribution in [3.05, 3.63) is 76.9 Å². The molecule has 3 fully saturated rings. The van der Waals surface area contributed by atoms with Gasteiger partial charge in [-0.2, -0.15) is 0 Å². The third kappa shape index (κ3) is 10.1. The van der Waals surface area contributed by atoms with E-state index in [4.69, 9.17) is 9.47 Å². The Morgan fingerprint density at radius 3 is 2.38 bits per heavy atom. The lowest BCUT2D eigenvalue weighted by Gasteiger charge is -2.35. The van der Waals surface area contributed by atoms with E-state index in [1.54, 1.807) is 27.8 Å². The first-order valence-electron chi connectivity index (χ1n) is 22.6. The number of nitrogens with one attached hydrogen (secondary N) is 1.